The van der Waals surface area contributed by atoms with Crippen LogP contribution in [0.3, 0.4) is 0 Å². The van der Waals surface area contributed by atoms with Crippen LogP contribution in [0.25, 0.3) is 0 Å². The van der Waals surface area contributed by atoms with Gasteiger partial charge >= 0.3 is 0 Å². The molecule has 1 rings (SSSR count). The second-order valence-corrected chi connectivity index (χ2v) is 4.83. The van der Waals surface area contributed by atoms with Gasteiger partial charge in [0.25, 0.3) is 0 Å². The third-order valence-electron chi connectivity index (χ3n) is 1.42. The number of nitrogens with one attached hydrogen (secondary N) is 1. The Balaban J connectivity index is 3.15. The largest absolute Gasteiger partial charge is 0.229 e. The molecule has 0 aliphatic carbocycles. The van der Waals surface area contributed by atoms with Crippen molar-refractivity contribution in [1.29, 1.82) is 4.78 Å². The van der Waals surface area contributed by atoms with Crippen molar-refractivity contribution in [2.45, 2.75) is 4.90 Å². The Morgan fingerprint density at radius 3 is 2.23 bits per heavy atom. The van der Waals surface area contributed by atoms with Gasteiger partial charge in [-0.15, -0.1) is 0 Å². The summed E-state index contributed by atoms with van der Waals surface area (Å²) in [6.45, 7) is 0. The van der Waals surface area contributed by atoms with Crippen molar-refractivity contribution >= 4 is 26.9 Å². The average molecular weight is 216 g/mol. The SMILES string of the molecule is CS(=O)(=O)c1ccc(N=S=N)cc1. The van der Waals surface area contributed by atoms with Crippen LogP contribution in [0.5, 0.6) is 0 Å². The molecule has 0 bridgehead atoms. The fourth-order valence-electron chi connectivity index (χ4n) is 0.807. The normalized spacial score (nSPS) is 10.8. The standard InChI is InChI=1S/C7H8N2O2S2/c1-13(10,11)7-4-2-6(3-5-7)9-12-8/h2-5,8H,1H3. The summed E-state index contributed by atoms with van der Waals surface area (Å²) in [7, 11) is -3.13. The summed E-state index contributed by atoms with van der Waals surface area (Å²) < 4.78 is 32.5. The Hall–Kier alpha value is -1.01. The Bertz CT molecular complexity index is 444. The van der Waals surface area contributed by atoms with E-state index in [1.54, 1.807) is 12.1 Å². The Morgan fingerprint density at radius 1 is 1.31 bits per heavy atom. The van der Waals surface area contributed by atoms with Crippen LogP contribution in [0.1, 0.15) is 0 Å². The first kappa shape index (κ1) is 10.1. The molecule has 0 aliphatic heterocycles. The van der Waals surface area contributed by atoms with E-state index in [9.17, 15) is 8.42 Å². The fraction of sp³-hybridized carbons (Fsp3) is 0.143. The highest BCUT2D eigenvalue weighted by Gasteiger charge is 2.05. The molecule has 70 valence electrons. The number of sulfone groups is 1. The number of nitrogens with zero attached hydrogens (tertiary/aromatic N) is 1. The molecule has 0 fully saturated rings. The van der Waals surface area contributed by atoms with Crippen LogP contribution in [0, 0.1) is 4.78 Å². The maximum Gasteiger partial charge on any atom is 0.175 e. The Kier molecular flexibility index (Phi) is 2.94. The van der Waals surface area contributed by atoms with Gasteiger partial charge in [-0.25, -0.2) is 13.2 Å². The zero-order valence-electron chi connectivity index (χ0n) is 6.89. The molecule has 0 radical (unpaired) electrons. The van der Waals surface area contributed by atoms with E-state index in [0.29, 0.717) is 17.0 Å². The van der Waals surface area contributed by atoms with Gasteiger partial charge in [-0.05, 0) is 24.3 Å². The van der Waals surface area contributed by atoms with Crippen molar-refractivity contribution in [2.24, 2.45) is 4.36 Å². The lowest BCUT2D eigenvalue weighted by molar-refractivity contribution is 0.602. The number of hydrogen-bond acceptors (Lipinski definition) is 4. The van der Waals surface area contributed by atoms with E-state index in [0.717, 1.165) is 6.26 Å². The number of hydrogen-bond donors (Lipinski definition) is 1. The van der Waals surface area contributed by atoms with Gasteiger partial charge in [-0.3, -0.25) is 0 Å². The van der Waals surface area contributed by atoms with Crippen LogP contribution >= 0.6 is 0 Å². The van der Waals surface area contributed by atoms with E-state index in [1.165, 1.54) is 12.1 Å². The van der Waals surface area contributed by atoms with Crippen molar-refractivity contribution in [3.05, 3.63) is 24.3 Å². The third-order valence-corrected chi connectivity index (χ3v) is 2.85. The molecule has 6 heteroatoms. The van der Waals surface area contributed by atoms with E-state index < -0.39 is 9.84 Å². The molecule has 1 aromatic carbocycles. The second kappa shape index (κ2) is 3.80. The molecule has 1 N–H and O–H groups in total. The van der Waals surface area contributed by atoms with Crippen molar-refractivity contribution in [2.75, 3.05) is 6.26 Å². The molecule has 0 heterocycles. The molecule has 0 atom stereocenters. The minimum absolute atomic E-state index is 0.265. The van der Waals surface area contributed by atoms with E-state index in [4.69, 9.17) is 4.78 Å². The van der Waals surface area contributed by atoms with Crippen LogP contribution in [0.2, 0.25) is 0 Å². The first-order chi connectivity index (χ1) is 6.04. The highest BCUT2D eigenvalue weighted by molar-refractivity contribution is 7.90. The van der Waals surface area contributed by atoms with Gasteiger partial charge in [0.05, 0.1) is 21.9 Å². The number of benzene rings is 1. The number of rotatable bonds is 2. The van der Waals surface area contributed by atoms with E-state index in [1.807, 2.05) is 0 Å². The van der Waals surface area contributed by atoms with Gasteiger partial charge < -0.3 is 0 Å². The van der Waals surface area contributed by atoms with Crippen LogP contribution in [0.4, 0.5) is 5.69 Å². The molecule has 0 aromatic heterocycles. The van der Waals surface area contributed by atoms with E-state index >= 15 is 0 Å². The lowest BCUT2D eigenvalue weighted by atomic mass is 10.3. The highest BCUT2D eigenvalue weighted by atomic mass is 32.2. The maximum atomic E-state index is 11.0. The van der Waals surface area contributed by atoms with Crippen LogP contribution in [-0.2, 0) is 21.2 Å². The molecule has 13 heavy (non-hydrogen) atoms. The summed E-state index contributed by atoms with van der Waals surface area (Å²) in [4.78, 5) is 0.265. The summed E-state index contributed by atoms with van der Waals surface area (Å²) in [5.41, 5.74) is 0.590. The van der Waals surface area contributed by atoms with Gasteiger partial charge in [0.1, 0.15) is 0 Å². The predicted molar refractivity (Wildman–Crippen MR) is 51.7 cm³/mol. The maximum absolute atomic E-state index is 11.0. The van der Waals surface area contributed by atoms with Crippen molar-refractivity contribution in [3.8, 4) is 0 Å². The first-order valence-electron chi connectivity index (χ1n) is 3.38. The van der Waals surface area contributed by atoms with Crippen molar-refractivity contribution in [3.63, 3.8) is 0 Å². The fourth-order valence-corrected chi connectivity index (χ4v) is 1.66. The van der Waals surface area contributed by atoms with Crippen LogP contribution in [0.15, 0.2) is 33.5 Å². The quantitative estimate of drug-likeness (QED) is 0.818. The second-order valence-electron chi connectivity index (χ2n) is 2.45. The molecule has 1 aromatic rings. The minimum atomic E-state index is -3.13. The molecule has 0 spiro atoms. The summed E-state index contributed by atoms with van der Waals surface area (Å²) in [5.74, 6) is 0. The summed E-state index contributed by atoms with van der Waals surface area (Å²) in [5, 5.41) is 0. The summed E-state index contributed by atoms with van der Waals surface area (Å²) in [6, 6.07) is 6.09. The van der Waals surface area contributed by atoms with Gasteiger partial charge in [-0.2, -0.15) is 4.36 Å². The van der Waals surface area contributed by atoms with Gasteiger partial charge in [0, 0.05) is 6.26 Å². The Morgan fingerprint density at radius 2 is 1.85 bits per heavy atom. The van der Waals surface area contributed by atoms with E-state index in [-0.39, 0.29) is 4.90 Å². The molecule has 0 aliphatic rings. The molecule has 4 nitrogen and oxygen atoms in total. The van der Waals surface area contributed by atoms with Gasteiger partial charge in [-0.1, -0.05) is 0 Å². The highest BCUT2D eigenvalue weighted by Crippen LogP contribution is 2.15. The van der Waals surface area contributed by atoms with Crippen molar-refractivity contribution in [1.82, 2.24) is 0 Å². The van der Waals surface area contributed by atoms with Crippen LogP contribution in [-0.4, -0.2) is 14.7 Å². The summed E-state index contributed by atoms with van der Waals surface area (Å²) in [6.07, 6.45) is 1.15. The zero-order valence-corrected chi connectivity index (χ0v) is 8.52. The topological polar surface area (TPSA) is 70.3 Å². The molecule has 0 unspecified atom stereocenters. The van der Waals surface area contributed by atoms with Crippen molar-refractivity contribution < 1.29 is 8.42 Å². The molecule has 0 saturated heterocycles. The minimum Gasteiger partial charge on any atom is -0.229 e. The average Bonchev–Trinajstić information content (AvgIpc) is 2.04. The lowest BCUT2D eigenvalue weighted by Gasteiger charge is -1.96. The molecular weight excluding hydrogens is 208 g/mol. The smallest absolute Gasteiger partial charge is 0.175 e. The van der Waals surface area contributed by atoms with Gasteiger partial charge in [0.15, 0.2) is 9.84 Å². The molecule has 0 saturated carbocycles. The molecular formula is C7H8N2O2S2. The Labute approximate surface area is 80.2 Å². The first-order valence-corrected chi connectivity index (χ1v) is 6.04. The monoisotopic (exact) mass is 216 g/mol. The zero-order chi connectivity index (χ0) is 9.90. The van der Waals surface area contributed by atoms with Crippen LogP contribution < -0.4 is 0 Å². The van der Waals surface area contributed by atoms with E-state index in [2.05, 4.69) is 4.36 Å². The third kappa shape index (κ3) is 2.74. The predicted octanol–water partition coefficient (Wildman–Crippen LogP) is 1.75. The summed E-state index contributed by atoms with van der Waals surface area (Å²) >= 11 is 0.594. The molecule has 0 amide bonds. The lowest BCUT2D eigenvalue weighted by Crippen LogP contribution is -1.95. The van der Waals surface area contributed by atoms with Gasteiger partial charge in [0.2, 0.25) is 0 Å².